The summed E-state index contributed by atoms with van der Waals surface area (Å²) in [4.78, 5) is 36.0. The Labute approximate surface area is 206 Å². The predicted octanol–water partition coefficient (Wildman–Crippen LogP) is 4.29. The molecule has 0 amide bonds. The first-order valence-corrected chi connectivity index (χ1v) is 12.7. The number of benzene rings is 2. The number of sulfonamides is 1. The maximum absolute atomic E-state index is 13.1. The van der Waals surface area contributed by atoms with Crippen LogP contribution in [0, 0.1) is 23.0 Å². The molecule has 0 bridgehead atoms. The van der Waals surface area contributed by atoms with Crippen molar-refractivity contribution in [1.29, 1.82) is 0 Å². The zero-order chi connectivity index (χ0) is 26.6. The molecule has 2 aromatic carbocycles. The highest BCUT2D eigenvalue weighted by molar-refractivity contribution is 7.89. The molecule has 0 saturated heterocycles. The van der Waals surface area contributed by atoms with Crippen molar-refractivity contribution in [3.05, 3.63) is 69.8 Å². The zero-order valence-corrected chi connectivity index (χ0v) is 21.6. The van der Waals surface area contributed by atoms with Gasteiger partial charge in [0, 0.05) is 12.5 Å². The van der Waals surface area contributed by atoms with Gasteiger partial charge in [0.25, 0.3) is 5.69 Å². The normalized spacial score (nSPS) is 14.6. The minimum absolute atomic E-state index is 0.273. The highest BCUT2D eigenvalue weighted by Gasteiger charge is 2.35. The lowest BCUT2D eigenvalue weighted by molar-refractivity contribution is -0.387. The second-order valence-corrected chi connectivity index (χ2v) is 11.3. The zero-order valence-electron chi connectivity index (χ0n) is 20.8. The standard InChI is InChI=1S/C25H32N2O7S/c1-16-11-13-19(14-12-16)17(2)20(24(29)34-25(4,5)6)15-22(28)18(3)26-35(32,33)23-10-8-7-9-21(23)27(30)31/h7-14,17-18,20,26H,15H2,1-6H3/t17?,18-,20-/m0/s1. The maximum atomic E-state index is 13.1. The third-order valence-corrected chi connectivity index (χ3v) is 7.09. The second-order valence-electron chi connectivity index (χ2n) is 9.58. The van der Waals surface area contributed by atoms with Crippen molar-refractivity contribution in [3.8, 4) is 0 Å². The highest BCUT2D eigenvalue weighted by Crippen LogP contribution is 2.31. The molecule has 2 rings (SSSR count). The molecule has 0 fully saturated rings. The number of nitrogens with zero attached hydrogens (tertiary/aromatic N) is 1. The molecule has 2 aromatic rings. The molecule has 35 heavy (non-hydrogen) atoms. The van der Waals surface area contributed by atoms with Gasteiger partial charge >= 0.3 is 5.97 Å². The SMILES string of the molecule is Cc1ccc(C(C)[C@H](CC(=O)[C@H](C)NS(=O)(=O)c2ccccc2[N+](=O)[O-])C(=O)OC(C)(C)C)cc1. The van der Waals surface area contributed by atoms with Crippen LogP contribution in [0.1, 0.15) is 58.1 Å². The van der Waals surface area contributed by atoms with Crippen LogP contribution in [0.5, 0.6) is 0 Å². The number of rotatable bonds is 10. The highest BCUT2D eigenvalue weighted by atomic mass is 32.2. The molecule has 190 valence electrons. The van der Waals surface area contributed by atoms with Crippen molar-refractivity contribution in [2.24, 2.45) is 5.92 Å². The topological polar surface area (TPSA) is 133 Å². The first kappa shape index (κ1) is 28.1. The summed E-state index contributed by atoms with van der Waals surface area (Å²) >= 11 is 0. The lowest BCUT2D eigenvalue weighted by atomic mass is 9.83. The number of Topliss-reactive ketones (excluding diaryl/α,β-unsaturated/α-hetero) is 1. The number of nitro groups is 1. The van der Waals surface area contributed by atoms with Crippen LogP contribution in [0.15, 0.2) is 53.4 Å². The first-order chi connectivity index (χ1) is 16.1. The molecule has 9 nitrogen and oxygen atoms in total. The van der Waals surface area contributed by atoms with Crippen LogP contribution in [0.4, 0.5) is 5.69 Å². The van der Waals surface area contributed by atoms with Crippen molar-refractivity contribution in [3.63, 3.8) is 0 Å². The Morgan fingerprint density at radius 3 is 2.17 bits per heavy atom. The molecule has 0 aromatic heterocycles. The fourth-order valence-electron chi connectivity index (χ4n) is 3.53. The van der Waals surface area contributed by atoms with Crippen LogP contribution in [-0.4, -0.2) is 36.7 Å². The van der Waals surface area contributed by atoms with E-state index in [1.54, 1.807) is 20.8 Å². The Balaban J connectivity index is 2.28. The van der Waals surface area contributed by atoms with Crippen molar-refractivity contribution < 1.29 is 27.7 Å². The Kier molecular flexibility index (Phi) is 8.91. The van der Waals surface area contributed by atoms with E-state index in [4.69, 9.17) is 4.74 Å². The van der Waals surface area contributed by atoms with Crippen molar-refractivity contribution in [2.75, 3.05) is 0 Å². The summed E-state index contributed by atoms with van der Waals surface area (Å²) in [5.41, 5.74) is 0.515. The number of nitrogens with one attached hydrogen (secondary N) is 1. The third-order valence-electron chi connectivity index (χ3n) is 5.50. The van der Waals surface area contributed by atoms with Gasteiger partial charge in [0.1, 0.15) is 5.60 Å². The Morgan fingerprint density at radius 2 is 1.63 bits per heavy atom. The molecule has 3 atom stereocenters. The van der Waals surface area contributed by atoms with E-state index < -0.39 is 54.8 Å². The fourth-order valence-corrected chi connectivity index (χ4v) is 4.93. The van der Waals surface area contributed by atoms with Crippen molar-refractivity contribution >= 4 is 27.5 Å². The number of carbonyl (C=O) groups excluding carboxylic acids is 2. The predicted molar refractivity (Wildman–Crippen MR) is 131 cm³/mol. The molecule has 0 saturated carbocycles. The summed E-state index contributed by atoms with van der Waals surface area (Å²) in [6, 6.07) is 11.2. The van der Waals surface area contributed by atoms with Gasteiger partial charge in [-0.25, -0.2) is 13.1 Å². The molecule has 0 aliphatic carbocycles. The van der Waals surface area contributed by atoms with Gasteiger partial charge in [-0.2, -0.15) is 0 Å². The Morgan fingerprint density at radius 1 is 1.06 bits per heavy atom. The molecule has 10 heteroatoms. The summed E-state index contributed by atoms with van der Waals surface area (Å²) < 4.78 is 33.4. The van der Waals surface area contributed by atoms with Gasteiger partial charge in [-0.05, 0) is 52.2 Å². The molecule has 0 spiro atoms. The van der Waals surface area contributed by atoms with Crippen LogP contribution < -0.4 is 4.72 Å². The molecule has 0 radical (unpaired) electrons. The molecule has 1 unspecified atom stereocenters. The summed E-state index contributed by atoms with van der Waals surface area (Å²) in [5, 5.41) is 11.2. The average molecular weight is 505 g/mol. The summed E-state index contributed by atoms with van der Waals surface area (Å²) in [5.74, 6) is -2.34. The number of ether oxygens (including phenoxy) is 1. The Bertz CT molecular complexity index is 1190. The van der Waals surface area contributed by atoms with Gasteiger partial charge in [-0.15, -0.1) is 0 Å². The minimum Gasteiger partial charge on any atom is -0.460 e. The van der Waals surface area contributed by atoms with Crippen LogP contribution in [-0.2, 0) is 24.3 Å². The monoisotopic (exact) mass is 504 g/mol. The van der Waals surface area contributed by atoms with Gasteiger partial charge < -0.3 is 4.74 Å². The molecular weight excluding hydrogens is 472 g/mol. The minimum atomic E-state index is -4.37. The van der Waals surface area contributed by atoms with Gasteiger partial charge in [0.05, 0.1) is 16.9 Å². The molecule has 1 N–H and O–H groups in total. The largest absolute Gasteiger partial charge is 0.460 e. The second kappa shape index (κ2) is 11.1. The van der Waals surface area contributed by atoms with Crippen molar-refractivity contribution in [2.45, 2.75) is 70.4 Å². The maximum Gasteiger partial charge on any atom is 0.310 e. The molecule has 0 heterocycles. The van der Waals surface area contributed by atoms with E-state index >= 15 is 0 Å². The van der Waals surface area contributed by atoms with Gasteiger partial charge in [0.2, 0.25) is 10.0 Å². The van der Waals surface area contributed by atoms with Gasteiger partial charge in [0.15, 0.2) is 10.7 Å². The lowest BCUT2D eigenvalue weighted by Gasteiger charge is -2.28. The number of ketones is 1. The summed E-state index contributed by atoms with van der Waals surface area (Å²) in [6.07, 6.45) is -0.273. The van der Waals surface area contributed by atoms with E-state index in [1.807, 2.05) is 38.1 Å². The van der Waals surface area contributed by atoms with E-state index in [9.17, 15) is 28.1 Å². The van der Waals surface area contributed by atoms with Gasteiger partial charge in [-0.3, -0.25) is 19.7 Å². The van der Waals surface area contributed by atoms with E-state index in [2.05, 4.69) is 4.72 Å². The number of para-hydroxylation sites is 1. The summed E-state index contributed by atoms with van der Waals surface area (Å²) in [6.45, 7) is 10.3. The fraction of sp³-hybridized carbons (Fsp3) is 0.440. The number of esters is 1. The van der Waals surface area contributed by atoms with E-state index in [1.165, 1.54) is 19.1 Å². The number of hydrogen-bond acceptors (Lipinski definition) is 7. The van der Waals surface area contributed by atoms with Crippen LogP contribution in [0.2, 0.25) is 0 Å². The summed E-state index contributed by atoms with van der Waals surface area (Å²) in [7, 11) is -4.37. The number of carbonyl (C=O) groups is 2. The number of aryl methyl sites for hydroxylation is 1. The van der Waals surface area contributed by atoms with E-state index in [-0.39, 0.29) is 12.3 Å². The average Bonchev–Trinajstić information content (AvgIpc) is 2.75. The first-order valence-electron chi connectivity index (χ1n) is 11.2. The number of nitro benzene ring substituents is 1. The van der Waals surface area contributed by atoms with Gasteiger partial charge in [-0.1, -0.05) is 48.9 Å². The van der Waals surface area contributed by atoms with Crippen LogP contribution in [0.3, 0.4) is 0 Å². The molecular formula is C25H32N2O7S. The smallest absolute Gasteiger partial charge is 0.310 e. The molecule has 0 aliphatic heterocycles. The van der Waals surface area contributed by atoms with E-state index in [0.717, 1.165) is 23.3 Å². The van der Waals surface area contributed by atoms with Crippen LogP contribution >= 0.6 is 0 Å². The lowest BCUT2D eigenvalue weighted by Crippen LogP contribution is -2.41. The quantitative estimate of drug-likeness (QED) is 0.290. The van der Waals surface area contributed by atoms with Crippen molar-refractivity contribution in [1.82, 2.24) is 4.72 Å². The third kappa shape index (κ3) is 7.69. The Hall–Kier alpha value is -3.11. The van der Waals surface area contributed by atoms with E-state index in [0.29, 0.717) is 0 Å². The molecule has 0 aliphatic rings. The number of hydrogen-bond donors (Lipinski definition) is 1. The van der Waals surface area contributed by atoms with Crippen LogP contribution in [0.25, 0.3) is 0 Å².